The Balaban J connectivity index is 1.54. The van der Waals surface area contributed by atoms with Crippen LogP contribution in [0.5, 0.6) is 5.75 Å². The van der Waals surface area contributed by atoms with Gasteiger partial charge in [0.15, 0.2) is 11.9 Å². The summed E-state index contributed by atoms with van der Waals surface area (Å²) in [6.07, 6.45) is -2.50. The maximum absolute atomic E-state index is 15.6. The van der Waals surface area contributed by atoms with Crippen LogP contribution in [0.15, 0.2) is 42.9 Å². The quantitative estimate of drug-likeness (QED) is 0.209. The lowest BCUT2D eigenvalue weighted by Gasteiger charge is -2.25. The van der Waals surface area contributed by atoms with Crippen LogP contribution in [0, 0.1) is 6.92 Å². The summed E-state index contributed by atoms with van der Waals surface area (Å²) < 4.78 is 52.4. The second-order valence-corrected chi connectivity index (χ2v) is 11.2. The highest BCUT2D eigenvalue weighted by Gasteiger charge is 2.58. The van der Waals surface area contributed by atoms with E-state index in [1.54, 1.807) is 39.0 Å². The van der Waals surface area contributed by atoms with Crippen molar-refractivity contribution in [3.05, 3.63) is 48.7 Å². The highest BCUT2D eigenvalue weighted by molar-refractivity contribution is 7.52. The second-order valence-electron chi connectivity index (χ2n) is 8.96. The number of ether oxygens (including phenoxy) is 2. The predicted octanol–water partition coefficient (Wildman–Crippen LogP) is 3.43. The van der Waals surface area contributed by atoms with Gasteiger partial charge in [0.1, 0.15) is 35.3 Å². The first-order valence-corrected chi connectivity index (χ1v) is 13.7. The molecule has 0 amide bonds. The van der Waals surface area contributed by atoms with E-state index < -0.39 is 56.0 Å². The molecule has 206 valence electrons. The van der Waals surface area contributed by atoms with Gasteiger partial charge in [0.25, 0.3) is 5.13 Å². The second kappa shape index (κ2) is 11.2. The molecule has 3 aromatic rings. The minimum Gasteiger partial charge on any atom is -0.462 e. The zero-order valence-corrected chi connectivity index (χ0v) is 22.7. The number of hydrogen-bond donors (Lipinski definition) is 2. The molecule has 1 unspecified atom stereocenters. The van der Waals surface area contributed by atoms with E-state index in [-0.39, 0.29) is 11.4 Å². The number of rotatable bonds is 10. The van der Waals surface area contributed by atoms with Gasteiger partial charge >= 0.3 is 13.7 Å². The normalized spacial score (nSPS) is 25.8. The van der Waals surface area contributed by atoms with Crippen molar-refractivity contribution in [2.24, 2.45) is 0 Å². The Bertz CT molecular complexity index is 1330. The molecule has 0 spiro atoms. The van der Waals surface area contributed by atoms with Gasteiger partial charge in [-0.2, -0.15) is 5.09 Å². The minimum absolute atomic E-state index is 0.177. The number of alkyl halides is 2. The number of aliphatic hydroxyl groups excluding tert-OH is 1. The van der Waals surface area contributed by atoms with Crippen LogP contribution in [0.4, 0.5) is 4.39 Å². The Kier molecular flexibility index (Phi) is 8.36. The monoisotopic (exact) mass is 571 g/mol. The summed E-state index contributed by atoms with van der Waals surface area (Å²) in [6, 6.07) is 7.00. The molecule has 0 radical (unpaired) electrons. The van der Waals surface area contributed by atoms with Crippen LogP contribution in [0.1, 0.15) is 32.8 Å². The number of carbonyl (C=O) groups is 1. The molecule has 15 heteroatoms. The fraction of sp³-hybridized carbons (Fsp3) is 0.478. The number of halogens is 2. The lowest BCUT2D eigenvalue weighted by Crippen LogP contribution is -2.40. The molecule has 38 heavy (non-hydrogen) atoms. The minimum atomic E-state index is -4.29. The highest BCUT2D eigenvalue weighted by Crippen LogP contribution is 2.49. The number of nitrogens with one attached hydrogen (secondary N) is 1. The molecule has 2 N–H and O–H groups in total. The Morgan fingerprint density at radius 3 is 2.71 bits per heavy atom. The number of para-hydroxylation sites is 1. The van der Waals surface area contributed by atoms with Gasteiger partial charge in [-0.05, 0) is 39.8 Å². The van der Waals surface area contributed by atoms with E-state index in [2.05, 4.69) is 20.0 Å². The first kappa shape index (κ1) is 28.3. The van der Waals surface area contributed by atoms with Gasteiger partial charge in [-0.1, -0.05) is 29.8 Å². The fourth-order valence-corrected chi connectivity index (χ4v) is 5.49. The summed E-state index contributed by atoms with van der Waals surface area (Å²) in [6.45, 7) is 5.80. The summed E-state index contributed by atoms with van der Waals surface area (Å²) in [5.74, 6) is -0.104. The van der Waals surface area contributed by atoms with Crippen molar-refractivity contribution in [2.45, 2.75) is 63.4 Å². The predicted molar refractivity (Wildman–Crippen MR) is 134 cm³/mol. The molecule has 4 rings (SSSR count). The number of benzene rings is 1. The first-order chi connectivity index (χ1) is 17.9. The third-order valence-corrected chi connectivity index (χ3v) is 7.56. The van der Waals surface area contributed by atoms with E-state index in [1.165, 1.54) is 36.1 Å². The number of imidazole rings is 1. The molecule has 3 heterocycles. The SMILES string of the molecule is Cc1ncc2ncn([C@@H]3O[C@H](CO[P@@](=O)(NC(C)C(=O)OC(C)C)Oc4ccccc4)[C@@H](O)[C@]3(F)Cl)c2n1. The average molecular weight is 572 g/mol. The van der Waals surface area contributed by atoms with E-state index >= 15 is 4.39 Å². The van der Waals surface area contributed by atoms with E-state index in [0.29, 0.717) is 11.3 Å². The van der Waals surface area contributed by atoms with Crippen LogP contribution in [0.2, 0.25) is 0 Å². The summed E-state index contributed by atoms with van der Waals surface area (Å²) in [4.78, 5) is 24.7. The topological polar surface area (TPSA) is 147 Å². The molecule has 1 aromatic carbocycles. The molecule has 12 nitrogen and oxygen atoms in total. The third-order valence-electron chi connectivity index (χ3n) is 5.50. The smallest absolute Gasteiger partial charge is 0.459 e. The molecule has 6 atom stereocenters. The van der Waals surface area contributed by atoms with Gasteiger partial charge < -0.3 is 19.1 Å². The van der Waals surface area contributed by atoms with E-state index in [1.807, 2.05) is 0 Å². The van der Waals surface area contributed by atoms with Crippen molar-refractivity contribution < 1.29 is 37.4 Å². The van der Waals surface area contributed by atoms with Gasteiger partial charge in [0.05, 0.1) is 25.2 Å². The Hall–Kier alpha value is -2.67. The summed E-state index contributed by atoms with van der Waals surface area (Å²) in [5, 5.41) is 10.4. The number of carbonyl (C=O) groups excluding carboxylic acids is 1. The summed E-state index contributed by atoms with van der Waals surface area (Å²) >= 11 is 6.10. The molecule has 1 aliphatic heterocycles. The number of aryl methyl sites for hydroxylation is 1. The molecule has 0 aliphatic carbocycles. The molecule has 1 aliphatic rings. The Morgan fingerprint density at radius 2 is 2.03 bits per heavy atom. The fourth-order valence-electron chi connectivity index (χ4n) is 3.70. The summed E-state index contributed by atoms with van der Waals surface area (Å²) in [5.41, 5.74) is 0.615. The number of hydrogen-bond acceptors (Lipinski definition) is 10. The number of fused-ring (bicyclic) bond motifs is 1. The van der Waals surface area contributed by atoms with Crippen LogP contribution >= 0.6 is 19.3 Å². The van der Waals surface area contributed by atoms with E-state index in [9.17, 15) is 14.5 Å². The molecular weight excluding hydrogens is 544 g/mol. The van der Waals surface area contributed by atoms with Crippen molar-refractivity contribution in [1.29, 1.82) is 0 Å². The molecule has 1 saturated heterocycles. The number of nitrogens with zero attached hydrogens (tertiary/aromatic N) is 4. The Morgan fingerprint density at radius 1 is 1.32 bits per heavy atom. The molecule has 0 bridgehead atoms. The van der Waals surface area contributed by atoms with Crippen molar-refractivity contribution in [3.63, 3.8) is 0 Å². The average Bonchev–Trinajstić information content (AvgIpc) is 3.35. The van der Waals surface area contributed by atoms with Crippen molar-refractivity contribution in [3.8, 4) is 5.75 Å². The largest absolute Gasteiger partial charge is 0.462 e. The highest BCUT2D eigenvalue weighted by atomic mass is 35.5. The van der Waals surface area contributed by atoms with Gasteiger partial charge in [-0.3, -0.25) is 13.9 Å². The first-order valence-electron chi connectivity index (χ1n) is 11.7. The van der Waals surface area contributed by atoms with Gasteiger partial charge in [-0.25, -0.2) is 23.9 Å². The van der Waals surface area contributed by atoms with E-state index in [0.717, 1.165) is 0 Å². The van der Waals surface area contributed by atoms with Crippen LogP contribution in [0.25, 0.3) is 11.2 Å². The lowest BCUT2D eigenvalue weighted by molar-refractivity contribution is -0.149. The molecular formula is C23H28ClFN5O7P. The zero-order chi connectivity index (χ0) is 27.7. The van der Waals surface area contributed by atoms with Gasteiger partial charge in [0.2, 0.25) is 0 Å². The number of aliphatic hydroxyl groups is 1. The Labute approximate surface area is 223 Å². The molecule has 2 aromatic heterocycles. The van der Waals surface area contributed by atoms with Crippen LogP contribution in [-0.2, 0) is 23.4 Å². The van der Waals surface area contributed by atoms with Gasteiger partial charge in [0, 0.05) is 0 Å². The standard InChI is InChI=1S/C23H28ClFN5O7P/c1-13(2)35-21(32)14(3)29-38(33,37-16-8-6-5-7-9-16)34-11-18-19(31)23(24,25)22(36-18)30-12-27-17-10-26-15(4)28-20(17)30/h5-10,12-14,18-19,22,31H,11H2,1-4H3,(H,29,33)/t14?,18-,19-,22-,23-,38+/m1/s1. The van der Waals surface area contributed by atoms with Crippen molar-refractivity contribution >= 4 is 36.5 Å². The molecule has 1 fully saturated rings. The van der Waals surface area contributed by atoms with Crippen molar-refractivity contribution in [2.75, 3.05) is 6.61 Å². The number of aromatic nitrogens is 4. The van der Waals surface area contributed by atoms with E-state index in [4.69, 9.17) is 30.1 Å². The lowest BCUT2D eigenvalue weighted by atomic mass is 10.1. The van der Waals surface area contributed by atoms with Crippen LogP contribution in [0.3, 0.4) is 0 Å². The van der Waals surface area contributed by atoms with Crippen LogP contribution in [-0.4, -0.2) is 66.7 Å². The van der Waals surface area contributed by atoms with Gasteiger partial charge in [-0.15, -0.1) is 0 Å². The molecule has 0 saturated carbocycles. The maximum atomic E-state index is 15.6. The van der Waals surface area contributed by atoms with Crippen LogP contribution < -0.4 is 9.61 Å². The third kappa shape index (κ3) is 6.14. The zero-order valence-electron chi connectivity index (χ0n) is 21.0. The number of esters is 1. The van der Waals surface area contributed by atoms with Crippen molar-refractivity contribution in [1.82, 2.24) is 24.6 Å². The maximum Gasteiger partial charge on any atom is 0.459 e. The summed E-state index contributed by atoms with van der Waals surface area (Å²) in [7, 11) is -4.29.